The average Bonchev–Trinajstić information content (AvgIpc) is 2.45. The number of rotatable bonds is 5. The summed E-state index contributed by atoms with van der Waals surface area (Å²) in [7, 11) is 1.60. The molecule has 0 amide bonds. The number of aliphatic hydroxyl groups excluding tert-OH is 1. The van der Waals surface area contributed by atoms with Gasteiger partial charge in [0.15, 0.2) is 11.5 Å². The van der Waals surface area contributed by atoms with Crippen LogP contribution in [0, 0.1) is 0 Å². The molecular weight excluding hydrogens is 244 g/mol. The summed E-state index contributed by atoms with van der Waals surface area (Å²) in [6.07, 6.45) is 3.06. The van der Waals surface area contributed by atoms with E-state index in [-0.39, 0.29) is 6.10 Å². The molecule has 19 heavy (non-hydrogen) atoms. The van der Waals surface area contributed by atoms with Crippen LogP contribution in [0.2, 0.25) is 0 Å². The minimum absolute atomic E-state index is 0.176. The predicted molar refractivity (Wildman–Crippen MR) is 72.7 cm³/mol. The van der Waals surface area contributed by atoms with Gasteiger partial charge in [-0.15, -0.1) is 0 Å². The Hall–Kier alpha value is -1.26. The van der Waals surface area contributed by atoms with E-state index in [1.54, 1.807) is 14.0 Å². The lowest BCUT2D eigenvalue weighted by molar-refractivity contribution is -0.0115. The zero-order valence-corrected chi connectivity index (χ0v) is 11.6. The van der Waals surface area contributed by atoms with E-state index in [9.17, 15) is 5.11 Å². The topological polar surface area (TPSA) is 47.9 Å². The summed E-state index contributed by atoms with van der Waals surface area (Å²) in [4.78, 5) is 0. The Kier molecular flexibility index (Phi) is 5.05. The fraction of sp³-hybridized carbons (Fsp3) is 0.600. The van der Waals surface area contributed by atoms with E-state index in [4.69, 9.17) is 14.2 Å². The summed E-state index contributed by atoms with van der Waals surface area (Å²) in [6, 6.07) is 5.50. The number of benzene rings is 1. The van der Waals surface area contributed by atoms with Gasteiger partial charge < -0.3 is 19.3 Å². The molecule has 1 aromatic rings. The molecule has 0 spiro atoms. The van der Waals surface area contributed by atoms with Crippen molar-refractivity contribution in [3.05, 3.63) is 23.8 Å². The highest BCUT2D eigenvalue weighted by Crippen LogP contribution is 2.30. The zero-order chi connectivity index (χ0) is 13.7. The van der Waals surface area contributed by atoms with Crippen molar-refractivity contribution in [2.75, 3.05) is 20.3 Å². The van der Waals surface area contributed by atoms with Gasteiger partial charge in [-0.2, -0.15) is 0 Å². The molecule has 4 nitrogen and oxygen atoms in total. The van der Waals surface area contributed by atoms with Crippen molar-refractivity contribution in [2.45, 2.75) is 38.4 Å². The first-order valence-electron chi connectivity index (χ1n) is 6.81. The molecule has 0 bridgehead atoms. The van der Waals surface area contributed by atoms with E-state index < -0.39 is 6.10 Å². The monoisotopic (exact) mass is 266 g/mol. The van der Waals surface area contributed by atoms with Gasteiger partial charge >= 0.3 is 0 Å². The predicted octanol–water partition coefficient (Wildman–Crippen LogP) is 2.70. The molecule has 0 aromatic heterocycles. The van der Waals surface area contributed by atoms with Gasteiger partial charge in [-0.3, -0.25) is 0 Å². The molecule has 1 saturated heterocycles. The molecule has 1 fully saturated rings. The first-order valence-corrected chi connectivity index (χ1v) is 6.81. The molecule has 1 heterocycles. The average molecular weight is 266 g/mol. The van der Waals surface area contributed by atoms with Crippen molar-refractivity contribution < 1.29 is 19.3 Å². The minimum Gasteiger partial charge on any atom is -0.493 e. The second kappa shape index (κ2) is 6.78. The maximum absolute atomic E-state index is 9.55. The maximum Gasteiger partial charge on any atom is 0.161 e. The van der Waals surface area contributed by atoms with Crippen LogP contribution in [0.25, 0.3) is 0 Å². The van der Waals surface area contributed by atoms with Gasteiger partial charge in [-0.05, 0) is 43.9 Å². The maximum atomic E-state index is 9.55. The van der Waals surface area contributed by atoms with E-state index >= 15 is 0 Å². The zero-order valence-electron chi connectivity index (χ0n) is 11.6. The Bertz CT molecular complexity index is 397. The van der Waals surface area contributed by atoms with E-state index in [0.717, 1.165) is 25.0 Å². The SMILES string of the molecule is COc1cc([C@H](C)O)ccc1OCC1CCCCO1. The molecular formula is C15H22O4. The van der Waals surface area contributed by atoms with Crippen LogP contribution in [-0.4, -0.2) is 31.5 Å². The van der Waals surface area contributed by atoms with Crippen LogP contribution in [0.4, 0.5) is 0 Å². The van der Waals surface area contributed by atoms with Crippen LogP contribution in [-0.2, 0) is 4.74 Å². The third-order valence-corrected chi connectivity index (χ3v) is 3.37. The Morgan fingerprint density at radius 2 is 2.21 bits per heavy atom. The van der Waals surface area contributed by atoms with Crippen LogP contribution in [0.15, 0.2) is 18.2 Å². The molecule has 0 saturated carbocycles. The molecule has 1 aliphatic rings. The van der Waals surface area contributed by atoms with Crippen molar-refractivity contribution >= 4 is 0 Å². The Morgan fingerprint density at radius 3 is 2.84 bits per heavy atom. The van der Waals surface area contributed by atoms with E-state index in [0.29, 0.717) is 18.1 Å². The number of ether oxygens (including phenoxy) is 3. The summed E-state index contributed by atoms with van der Waals surface area (Å²) < 4.78 is 16.7. The minimum atomic E-state index is -0.510. The molecule has 0 aliphatic carbocycles. The summed E-state index contributed by atoms with van der Waals surface area (Å²) in [5.41, 5.74) is 0.818. The second-order valence-corrected chi connectivity index (χ2v) is 4.89. The molecule has 4 heteroatoms. The smallest absolute Gasteiger partial charge is 0.161 e. The molecule has 1 unspecified atom stereocenters. The standard InChI is InChI=1S/C15H22O4/c1-11(16)12-6-7-14(15(9-12)17-2)19-10-13-5-3-4-8-18-13/h6-7,9,11,13,16H,3-5,8,10H2,1-2H3/t11-,13?/m0/s1. The molecule has 1 aliphatic heterocycles. The van der Waals surface area contributed by atoms with Gasteiger partial charge in [0.1, 0.15) is 6.61 Å². The highest BCUT2D eigenvalue weighted by atomic mass is 16.5. The third kappa shape index (κ3) is 3.85. The van der Waals surface area contributed by atoms with E-state index in [1.165, 1.54) is 6.42 Å². The molecule has 1 N–H and O–H groups in total. The number of methoxy groups -OCH3 is 1. The lowest BCUT2D eigenvalue weighted by Crippen LogP contribution is -2.25. The first kappa shape index (κ1) is 14.2. The number of aliphatic hydroxyl groups is 1. The van der Waals surface area contributed by atoms with Gasteiger partial charge in [0, 0.05) is 6.61 Å². The molecule has 2 atom stereocenters. The molecule has 106 valence electrons. The fourth-order valence-corrected chi connectivity index (χ4v) is 2.18. The number of hydrogen-bond acceptors (Lipinski definition) is 4. The van der Waals surface area contributed by atoms with Crippen molar-refractivity contribution in [1.29, 1.82) is 0 Å². The van der Waals surface area contributed by atoms with Crippen molar-refractivity contribution in [2.24, 2.45) is 0 Å². The van der Waals surface area contributed by atoms with E-state index in [1.807, 2.05) is 18.2 Å². The molecule has 2 rings (SSSR count). The van der Waals surface area contributed by atoms with Crippen LogP contribution in [0.5, 0.6) is 11.5 Å². The van der Waals surface area contributed by atoms with Crippen LogP contribution < -0.4 is 9.47 Å². The lowest BCUT2D eigenvalue weighted by Gasteiger charge is -2.23. The van der Waals surface area contributed by atoms with Crippen LogP contribution >= 0.6 is 0 Å². The first-order chi connectivity index (χ1) is 9.20. The van der Waals surface area contributed by atoms with Gasteiger partial charge in [0.25, 0.3) is 0 Å². The summed E-state index contributed by atoms with van der Waals surface area (Å²) in [6.45, 7) is 3.10. The largest absolute Gasteiger partial charge is 0.493 e. The van der Waals surface area contributed by atoms with E-state index in [2.05, 4.69) is 0 Å². The van der Waals surface area contributed by atoms with Gasteiger partial charge in [-0.25, -0.2) is 0 Å². The summed E-state index contributed by atoms with van der Waals surface area (Å²) in [5.74, 6) is 1.34. The Labute approximate surface area is 114 Å². The third-order valence-electron chi connectivity index (χ3n) is 3.37. The van der Waals surface area contributed by atoms with Gasteiger partial charge in [0.2, 0.25) is 0 Å². The summed E-state index contributed by atoms with van der Waals surface area (Å²) >= 11 is 0. The highest BCUT2D eigenvalue weighted by Gasteiger charge is 2.16. The summed E-state index contributed by atoms with van der Waals surface area (Å²) in [5, 5.41) is 9.55. The quantitative estimate of drug-likeness (QED) is 0.890. The van der Waals surface area contributed by atoms with Crippen LogP contribution in [0.3, 0.4) is 0 Å². The molecule has 1 aromatic carbocycles. The normalized spacial score (nSPS) is 20.9. The van der Waals surface area contributed by atoms with Crippen molar-refractivity contribution in [3.63, 3.8) is 0 Å². The second-order valence-electron chi connectivity index (χ2n) is 4.89. The lowest BCUT2D eigenvalue weighted by atomic mass is 10.1. The van der Waals surface area contributed by atoms with Crippen LogP contribution in [0.1, 0.15) is 37.9 Å². The molecule has 0 radical (unpaired) electrons. The van der Waals surface area contributed by atoms with Crippen molar-refractivity contribution in [1.82, 2.24) is 0 Å². The Balaban J connectivity index is 1.98. The van der Waals surface area contributed by atoms with Gasteiger partial charge in [-0.1, -0.05) is 6.07 Å². The number of hydrogen-bond donors (Lipinski definition) is 1. The van der Waals surface area contributed by atoms with Gasteiger partial charge in [0.05, 0.1) is 19.3 Å². The fourth-order valence-electron chi connectivity index (χ4n) is 2.18. The van der Waals surface area contributed by atoms with Crippen molar-refractivity contribution in [3.8, 4) is 11.5 Å². The highest BCUT2D eigenvalue weighted by molar-refractivity contribution is 5.43. The Morgan fingerprint density at radius 1 is 1.37 bits per heavy atom.